The van der Waals surface area contributed by atoms with Gasteiger partial charge in [0.15, 0.2) is 0 Å². The summed E-state index contributed by atoms with van der Waals surface area (Å²) in [4.78, 5) is 19.3. The first-order valence-electron chi connectivity index (χ1n) is 8.46. The van der Waals surface area contributed by atoms with Crippen molar-refractivity contribution >= 4 is 42.1 Å². The van der Waals surface area contributed by atoms with Gasteiger partial charge < -0.3 is 15.5 Å². The van der Waals surface area contributed by atoms with E-state index in [4.69, 9.17) is 0 Å². The fraction of sp³-hybridized carbons (Fsp3) is 0.444. The monoisotopic (exact) mass is 416 g/mol. The summed E-state index contributed by atoms with van der Waals surface area (Å²) < 4.78 is 0. The second-order valence-electron chi connectivity index (χ2n) is 6.08. The van der Waals surface area contributed by atoms with Gasteiger partial charge in [-0.25, -0.2) is 4.98 Å². The number of nitrogens with zero attached hydrogens (tertiary/aromatic N) is 2. The molecule has 1 saturated heterocycles. The van der Waals surface area contributed by atoms with E-state index in [0.717, 1.165) is 55.4 Å². The number of carbonyl (C=O) groups excluding carboxylic acids is 1. The molecule has 0 radical (unpaired) electrons. The van der Waals surface area contributed by atoms with Gasteiger partial charge in [-0.2, -0.15) is 0 Å². The molecule has 0 spiro atoms. The third-order valence-electron chi connectivity index (χ3n) is 4.14. The lowest BCUT2D eigenvalue weighted by Crippen LogP contribution is -2.44. The average molecular weight is 417 g/mol. The molecule has 5 nitrogen and oxygen atoms in total. The third-order valence-corrected chi connectivity index (χ3v) is 5.15. The molecule has 1 aromatic carbocycles. The topological polar surface area (TPSA) is 57.3 Å². The molecule has 0 saturated carbocycles. The van der Waals surface area contributed by atoms with E-state index in [1.165, 1.54) is 0 Å². The number of benzene rings is 1. The van der Waals surface area contributed by atoms with Gasteiger partial charge in [0.25, 0.3) is 5.91 Å². The number of halogens is 2. The summed E-state index contributed by atoms with van der Waals surface area (Å²) in [6, 6.07) is 7.70. The van der Waals surface area contributed by atoms with Gasteiger partial charge in [0.05, 0.1) is 0 Å². The van der Waals surface area contributed by atoms with Crippen molar-refractivity contribution in [1.82, 2.24) is 20.5 Å². The first-order valence-corrected chi connectivity index (χ1v) is 9.34. The van der Waals surface area contributed by atoms with Gasteiger partial charge >= 0.3 is 0 Å². The lowest BCUT2D eigenvalue weighted by atomic mass is 10.1. The lowest BCUT2D eigenvalue weighted by Gasteiger charge is -2.27. The fourth-order valence-electron chi connectivity index (χ4n) is 2.82. The van der Waals surface area contributed by atoms with Crippen LogP contribution in [0.2, 0.25) is 0 Å². The molecule has 1 fully saturated rings. The van der Waals surface area contributed by atoms with E-state index in [9.17, 15) is 4.79 Å². The van der Waals surface area contributed by atoms with Crippen LogP contribution in [0.15, 0.2) is 29.6 Å². The second-order valence-corrected chi connectivity index (χ2v) is 6.93. The minimum atomic E-state index is -0.00885. The van der Waals surface area contributed by atoms with Crippen LogP contribution in [-0.2, 0) is 0 Å². The molecule has 1 amide bonds. The minimum absolute atomic E-state index is 0. The van der Waals surface area contributed by atoms with Crippen LogP contribution < -0.4 is 10.6 Å². The molecule has 0 bridgehead atoms. The number of thiazole rings is 1. The Kier molecular flexibility index (Phi) is 10.1. The van der Waals surface area contributed by atoms with E-state index >= 15 is 0 Å². The van der Waals surface area contributed by atoms with Crippen LogP contribution in [0.4, 0.5) is 0 Å². The maximum atomic E-state index is 12.3. The Morgan fingerprint density at radius 1 is 1.31 bits per heavy atom. The maximum absolute atomic E-state index is 12.3. The summed E-state index contributed by atoms with van der Waals surface area (Å²) in [5.74, 6) is -0.00885. The van der Waals surface area contributed by atoms with Crippen LogP contribution in [-0.4, -0.2) is 55.1 Å². The zero-order valence-corrected chi connectivity index (χ0v) is 17.3. The maximum Gasteiger partial charge on any atom is 0.251 e. The van der Waals surface area contributed by atoms with Crippen LogP contribution in [0, 0.1) is 6.92 Å². The van der Waals surface area contributed by atoms with Gasteiger partial charge in [-0.3, -0.25) is 4.79 Å². The normalized spacial score (nSPS) is 14.2. The highest BCUT2D eigenvalue weighted by Gasteiger charge is 2.10. The molecule has 26 heavy (non-hydrogen) atoms. The van der Waals surface area contributed by atoms with Gasteiger partial charge in [-0.05, 0) is 32.0 Å². The Morgan fingerprint density at radius 2 is 2.08 bits per heavy atom. The van der Waals surface area contributed by atoms with Crippen molar-refractivity contribution in [2.24, 2.45) is 0 Å². The van der Waals surface area contributed by atoms with Crippen molar-refractivity contribution in [3.05, 3.63) is 40.9 Å². The molecule has 1 aromatic heterocycles. The first kappa shape index (κ1) is 22.9. The summed E-state index contributed by atoms with van der Waals surface area (Å²) in [5.41, 5.74) is 2.71. The van der Waals surface area contributed by atoms with E-state index in [1.807, 2.05) is 36.6 Å². The number of aryl methyl sites for hydroxylation is 1. The molecule has 0 atom stereocenters. The number of nitrogens with one attached hydrogen (secondary N) is 2. The molecule has 2 N–H and O–H groups in total. The van der Waals surface area contributed by atoms with Crippen molar-refractivity contribution in [2.45, 2.75) is 13.3 Å². The molecule has 1 aliphatic heterocycles. The van der Waals surface area contributed by atoms with Crippen LogP contribution in [0.3, 0.4) is 0 Å². The van der Waals surface area contributed by atoms with Crippen LogP contribution in [0.5, 0.6) is 0 Å². The number of carbonyl (C=O) groups is 1. The van der Waals surface area contributed by atoms with E-state index in [1.54, 1.807) is 11.3 Å². The molecule has 3 rings (SSSR count). The molecule has 8 heteroatoms. The van der Waals surface area contributed by atoms with Crippen molar-refractivity contribution in [1.29, 1.82) is 0 Å². The highest BCUT2D eigenvalue weighted by atomic mass is 35.5. The predicted molar refractivity (Wildman–Crippen MR) is 113 cm³/mol. The predicted octanol–water partition coefficient (Wildman–Crippen LogP) is 2.99. The zero-order chi connectivity index (χ0) is 16.8. The minimum Gasteiger partial charge on any atom is -0.352 e. The van der Waals surface area contributed by atoms with Gasteiger partial charge in [0.2, 0.25) is 0 Å². The van der Waals surface area contributed by atoms with E-state index in [2.05, 4.69) is 20.5 Å². The standard InChI is InChI=1S/C18H24N4OS.2ClH/c1-14-13-24-18(21-14)16-5-2-4-15(12-16)17(23)20-6-3-9-22-10-7-19-8-11-22;;/h2,4-5,12-13,19H,3,6-11H2,1H3,(H,20,23);2*1H. The molecule has 2 heterocycles. The van der Waals surface area contributed by atoms with E-state index in [0.29, 0.717) is 12.1 Å². The Balaban J connectivity index is 0.00000169. The van der Waals surface area contributed by atoms with Gasteiger partial charge in [0.1, 0.15) is 5.01 Å². The molecule has 2 aromatic rings. The van der Waals surface area contributed by atoms with E-state index in [-0.39, 0.29) is 30.7 Å². The average Bonchev–Trinajstić information content (AvgIpc) is 3.06. The molecule has 144 valence electrons. The summed E-state index contributed by atoms with van der Waals surface area (Å²) in [5, 5.41) is 9.36. The van der Waals surface area contributed by atoms with Crippen molar-refractivity contribution in [3.8, 4) is 10.6 Å². The SMILES string of the molecule is Cc1csc(-c2cccc(C(=O)NCCCN3CCNCC3)c2)n1.Cl.Cl. The highest BCUT2D eigenvalue weighted by molar-refractivity contribution is 7.13. The quantitative estimate of drug-likeness (QED) is 0.710. The number of rotatable bonds is 6. The van der Waals surface area contributed by atoms with Gasteiger partial charge in [0, 0.05) is 54.9 Å². The second kappa shape index (κ2) is 11.5. The van der Waals surface area contributed by atoms with Crippen LogP contribution in [0.25, 0.3) is 10.6 Å². The zero-order valence-electron chi connectivity index (χ0n) is 14.9. The Labute approximate surface area is 171 Å². The Morgan fingerprint density at radius 3 is 2.77 bits per heavy atom. The largest absolute Gasteiger partial charge is 0.352 e. The van der Waals surface area contributed by atoms with Crippen LogP contribution >= 0.6 is 36.2 Å². The van der Waals surface area contributed by atoms with Gasteiger partial charge in [-0.1, -0.05) is 12.1 Å². The number of aromatic nitrogens is 1. The van der Waals surface area contributed by atoms with Crippen molar-refractivity contribution in [2.75, 3.05) is 39.3 Å². The smallest absolute Gasteiger partial charge is 0.251 e. The summed E-state index contributed by atoms with van der Waals surface area (Å²) in [6.45, 7) is 8.07. The number of amides is 1. The van der Waals surface area contributed by atoms with Crippen molar-refractivity contribution < 1.29 is 4.79 Å². The summed E-state index contributed by atoms with van der Waals surface area (Å²) in [7, 11) is 0. The number of hydrogen-bond donors (Lipinski definition) is 2. The molecule has 0 unspecified atom stereocenters. The van der Waals surface area contributed by atoms with Gasteiger partial charge in [-0.15, -0.1) is 36.2 Å². The third kappa shape index (κ3) is 6.52. The summed E-state index contributed by atoms with van der Waals surface area (Å²) in [6.07, 6.45) is 0.983. The first-order chi connectivity index (χ1) is 11.7. The van der Waals surface area contributed by atoms with E-state index < -0.39 is 0 Å². The number of piperazine rings is 1. The molecule has 1 aliphatic rings. The Bertz CT molecular complexity index is 689. The number of hydrogen-bond acceptors (Lipinski definition) is 5. The van der Waals surface area contributed by atoms with Crippen LogP contribution in [0.1, 0.15) is 22.5 Å². The summed E-state index contributed by atoms with van der Waals surface area (Å²) >= 11 is 1.61. The highest BCUT2D eigenvalue weighted by Crippen LogP contribution is 2.24. The van der Waals surface area contributed by atoms with Crippen molar-refractivity contribution in [3.63, 3.8) is 0 Å². The molecular weight excluding hydrogens is 391 g/mol. The molecular formula is C18H26Cl2N4OS. The molecule has 0 aliphatic carbocycles. The Hall–Kier alpha value is -1.18. The lowest BCUT2D eigenvalue weighted by molar-refractivity contribution is 0.0951. The fourth-order valence-corrected chi connectivity index (χ4v) is 3.62.